The fraction of sp³-hybridized carbons (Fsp3) is 0.929. The van der Waals surface area contributed by atoms with Crippen LogP contribution in [0.25, 0.3) is 0 Å². The molecule has 2 saturated heterocycles. The molecule has 1 amide bonds. The first-order chi connectivity index (χ1) is 9.03. The van der Waals surface area contributed by atoms with Crippen molar-refractivity contribution >= 4 is 5.91 Å². The monoisotopic (exact) mass is 269 g/mol. The quantitative estimate of drug-likeness (QED) is 0.762. The van der Waals surface area contributed by atoms with Crippen molar-refractivity contribution in [3.63, 3.8) is 0 Å². The molecule has 0 aromatic carbocycles. The third-order valence-electron chi connectivity index (χ3n) is 4.55. The van der Waals surface area contributed by atoms with Gasteiger partial charge in [0.25, 0.3) is 0 Å². The lowest BCUT2D eigenvalue weighted by atomic mass is 9.86. The van der Waals surface area contributed by atoms with Crippen molar-refractivity contribution in [2.45, 2.75) is 57.2 Å². The highest BCUT2D eigenvalue weighted by Crippen LogP contribution is 2.24. The zero-order chi connectivity index (χ0) is 13.9. The number of ether oxygens (including phenoxy) is 1. The molecule has 0 saturated carbocycles. The van der Waals surface area contributed by atoms with Gasteiger partial charge in [0.05, 0.1) is 6.10 Å². The number of rotatable bonds is 5. The molecule has 2 rings (SSSR count). The molecule has 0 bridgehead atoms. The number of likely N-dealkylation sites (tertiary alicyclic amines) is 1. The van der Waals surface area contributed by atoms with E-state index in [1.165, 1.54) is 0 Å². The Kier molecular flexibility index (Phi) is 4.81. The van der Waals surface area contributed by atoms with Crippen LogP contribution in [0.3, 0.4) is 0 Å². The zero-order valence-corrected chi connectivity index (χ0v) is 12.2. The van der Waals surface area contributed by atoms with Gasteiger partial charge in [-0.2, -0.15) is 0 Å². The van der Waals surface area contributed by atoms with Gasteiger partial charge in [0.2, 0.25) is 5.91 Å². The maximum atomic E-state index is 11.9. The van der Waals surface area contributed by atoms with Crippen molar-refractivity contribution in [2.75, 3.05) is 26.2 Å². The van der Waals surface area contributed by atoms with Crippen molar-refractivity contribution in [1.82, 2.24) is 10.2 Å². The molecule has 0 aromatic heterocycles. The molecule has 0 radical (unpaired) electrons. The van der Waals surface area contributed by atoms with Gasteiger partial charge >= 0.3 is 0 Å². The van der Waals surface area contributed by atoms with E-state index < -0.39 is 5.54 Å². The highest BCUT2D eigenvalue weighted by atomic mass is 16.5. The Labute approximate surface area is 115 Å². The molecule has 2 fully saturated rings. The largest absolute Gasteiger partial charge is 0.377 e. The van der Waals surface area contributed by atoms with Crippen LogP contribution in [0, 0.1) is 0 Å². The second-order valence-electron chi connectivity index (χ2n) is 6.09. The Bertz CT molecular complexity index is 306. The molecule has 5 heteroatoms. The lowest BCUT2D eigenvalue weighted by molar-refractivity contribution is -0.126. The predicted octanol–water partition coefficient (Wildman–Crippen LogP) is 0.483. The van der Waals surface area contributed by atoms with Gasteiger partial charge in [-0.3, -0.25) is 4.79 Å². The number of hydrogen-bond donors (Lipinski definition) is 2. The normalized spacial score (nSPS) is 27.8. The molecule has 0 spiro atoms. The number of hydrogen-bond acceptors (Lipinski definition) is 4. The minimum absolute atomic E-state index is 0.214. The first-order valence-electron chi connectivity index (χ1n) is 7.44. The average Bonchev–Trinajstić information content (AvgIpc) is 2.89. The van der Waals surface area contributed by atoms with Gasteiger partial charge in [0.1, 0.15) is 5.54 Å². The van der Waals surface area contributed by atoms with Gasteiger partial charge in [0.15, 0.2) is 0 Å². The third-order valence-corrected chi connectivity index (χ3v) is 4.55. The van der Waals surface area contributed by atoms with Crippen LogP contribution >= 0.6 is 0 Å². The summed E-state index contributed by atoms with van der Waals surface area (Å²) in [6, 6.07) is 0.532. The molecule has 1 atom stereocenters. The molecule has 110 valence electrons. The lowest BCUT2D eigenvalue weighted by Crippen LogP contribution is -2.62. The molecule has 3 N–H and O–H groups in total. The molecule has 1 unspecified atom stereocenters. The first kappa shape index (κ1) is 14.8. The number of carbonyl (C=O) groups excluding carboxylic acids is 1. The van der Waals surface area contributed by atoms with Crippen LogP contribution in [-0.2, 0) is 9.53 Å². The van der Waals surface area contributed by atoms with Crippen LogP contribution in [0.15, 0.2) is 0 Å². The van der Waals surface area contributed by atoms with Crippen LogP contribution in [0.2, 0.25) is 0 Å². The number of primary amides is 1. The summed E-state index contributed by atoms with van der Waals surface area (Å²) in [4.78, 5) is 14.3. The standard InChI is InChI=1S/C14H27N3O2/c1-11(2)17-7-5-14(6-8-17,13(15)18)16-10-12-4-3-9-19-12/h11-12,16H,3-10H2,1-2H3,(H2,15,18). The van der Waals surface area contributed by atoms with Gasteiger partial charge in [-0.1, -0.05) is 0 Å². The summed E-state index contributed by atoms with van der Waals surface area (Å²) in [5.74, 6) is -0.214. The van der Waals surface area contributed by atoms with Crippen molar-refractivity contribution in [3.05, 3.63) is 0 Å². The number of carbonyl (C=O) groups is 1. The minimum atomic E-state index is -0.530. The van der Waals surface area contributed by atoms with Crippen LogP contribution in [-0.4, -0.2) is 54.7 Å². The van der Waals surface area contributed by atoms with E-state index in [0.29, 0.717) is 6.04 Å². The third kappa shape index (κ3) is 3.46. The van der Waals surface area contributed by atoms with Crippen molar-refractivity contribution in [2.24, 2.45) is 5.73 Å². The van der Waals surface area contributed by atoms with Crippen molar-refractivity contribution < 1.29 is 9.53 Å². The van der Waals surface area contributed by atoms with E-state index in [0.717, 1.165) is 51.9 Å². The second kappa shape index (κ2) is 6.20. The fourth-order valence-corrected chi connectivity index (χ4v) is 3.05. The molecular weight excluding hydrogens is 242 g/mol. The van der Waals surface area contributed by atoms with Crippen LogP contribution in [0.4, 0.5) is 0 Å². The fourth-order valence-electron chi connectivity index (χ4n) is 3.05. The maximum absolute atomic E-state index is 11.9. The number of nitrogens with one attached hydrogen (secondary N) is 1. The van der Waals surface area contributed by atoms with Crippen LogP contribution in [0.5, 0.6) is 0 Å². The number of piperidine rings is 1. The molecule has 0 aliphatic carbocycles. The minimum Gasteiger partial charge on any atom is -0.377 e. The van der Waals surface area contributed by atoms with Gasteiger partial charge in [-0.05, 0) is 39.5 Å². The number of amides is 1. The van der Waals surface area contributed by atoms with E-state index in [2.05, 4.69) is 24.1 Å². The van der Waals surface area contributed by atoms with Gasteiger partial charge in [0, 0.05) is 32.3 Å². The van der Waals surface area contributed by atoms with Crippen molar-refractivity contribution in [3.8, 4) is 0 Å². The van der Waals surface area contributed by atoms with Gasteiger partial charge < -0.3 is 20.7 Å². The van der Waals surface area contributed by atoms with E-state index in [-0.39, 0.29) is 12.0 Å². The smallest absolute Gasteiger partial charge is 0.237 e. The summed E-state index contributed by atoms with van der Waals surface area (Å²) >= 11 is 0. The summed E-state index contributed by atoms with van der Waals surface area (Å²) < 4.78 is 5.60. The molecule has 2 aliphatic heterocycles. The highest BCUT2D eigenvalue weighted by molar-refractivity contribution is 5.84. The summed E-state index contributed by atoms with van der Waals surface area (Å²) in [5, 5.41) is 3.41. The Hall–Kier alpha value is -0.650. The number of nitrogens with two attached hydrogens (primary N) is 1. The van der Waals surface area contributed by atoms with E-state index in [1.807, 2.05) is 0 Å². The molecule has 19 heavy (non-hydrogen) atoms. The Morgan fingerprint density at radius 3 is 2.63 bits per heavy atom. The Morgan fingerprint density at radius 2 is 2.16 bits per heavy atom. The SMILES string of the molecule is CC(C)N1CCC(NCC2CCCO2)(C(N)=O)CC1. The van der Waals surface area contributed by atoms with Crippen LogP contribution in [0.1, 0.15) is 39.5 Å². The summed E-state index contributed by atoms with van der Waals surface area (Å²) in [6.45, 7) is 7.83. The summed E-state index contributed by atoms with van der Waals surface area (Å²) in [5.41, 5.74) is 5.12. The Morgan fingerprint density at radius 1 is 1.47 bits per heavy atom. The highest BCUT2D eigenvalue weighted by Gasteiger charge is 2.40. The molecular formula is C14H27N3O2. The first-order valence-corrected chi connectivity index (χ1v) is 7.44. The zero-order valence-electron chi connectivity index (χ0n) is 12.2. The van der Waals surface area contributed by atoms with E-state index in [9.17, 15) is 4.79 Å². The summed E-state index contributed by atoms with van der Waals surface area (Å²) in [7, 11) is 0. The average molecular weight is 269 g/mol. The topological polar surface area (TPSA) is 67.6 Å². The predicted molar refractivity (Wildman–Crippen MR) is 74.8 cm³/mol. The van der Waals surface area contributed by atoms with Crippen molar-refractivity contribution in [1.29, 1.82) is 0 Å². The molecule has 5 nitrogen and oxygen atoms in total. The maximum Gasteiger partial charge on any atom is 0.237 e. The second-order valence-corrected chi connectivity index (χ2v) is 6.09. The van der Waals surface area contributed by atoms with Gasteiger partial charge in [-0.15, -0.1) is 0 Å². The van der Waals surface area contributed by atoms with Crippen LogP contribution < -0.4 is 11.1 Å². The van der Waals surface area contributed by atoms with Gasteiger partial charge in [-0.25, -0.2) is 0 Å². The van der Waals surface area contributed by atoms with E-state index in [1.54, 1.807) is 0 Å². The lowest BCUT2D eigenvalue weighted by Gasteiger charge is -2.42. The van der Waals surface area contributed by atoms with E-state index in [4.69, 9.17) is 10.5 Å². The molecule has 2 aliphatic rings. The van der Waals surface area contributed by atoms with E-state index >= 15 is 0 Å². The molecule has 2 heterocycles. The number of nitrogens with zero attached hydrogens (tertiary/aromatic N) is 1. The summed E-state index contributed by atoms with van der Waals surface area (Å²) in [6.07, 6.45) is 4.05. The molecule has 0 aromatic rings. The Balaban J connectivity index is 1.89.